The molecular weight excluding hydrogens is 376 g/mol. The number of ether oxygens (including phenoxy) is 2. The summed E-state index contributed by atoms with van der Waals surface area (Å²) in [6.07, 6.45) is 4.28. The van der Waals surface area contributed by atoms with Crippen molar-refractivity contribution in [2.24, 2.45) is 0 Å². The van der Waals surface area contributed by atoms with E-state index in [1.165, 1.54) is 0 Å². The molecule has 1 fully saturated rings. The van der Waals surface area contributed by atoms with Gasteiger partial charge >= 0.3 is 0 Å². The molecule has 4 aromatic rings. The Morgan fingerprint density at radius 1 is 0.833 bits per heavy atom. The van der Waals surface area contributed by atoms with E-state index in [1.807, 2.05) is 66.4 Å². The van der Waals surface area contributed by atoms with Crippen LogP contribution in [0.3, 0.4) is 0 Å². The number of hydrogen-bond donors (Lipinski definition) is 0. The number of pyridine rings is 1. The van der Waals surface area contributed by atoms with Gasteiger partial charge < -0.3 is 9.47 Å². The molecule has 2 aromatic carbocycles. The molecule has 0 amide bonds. The van der Waals surface area contributed by atoms with Gasteiger partial charge in [-0.2, -0.15) is 5.10 Å². The van der Waals surface area contributed by atoms with E-state index in [0.29, 0.717) is 25.5 Å². The molecule has 0 aliphatic carbocycles. The molecule has 30 heavy (non-hydrogen) atoms. The summed E-state index contributed by atoms with van der Waals surface area (Å²) in [4.78, 5) is 6.09. The number of aromatic nitrogens is 3. The molecule has 0 unspecified atom stereocenters. The van der Waals surface area contributed by atoms with Crippen molar-refractivity contribution in [1.82, 2.24) is 15.2 Å². The fourth-order valence-electron chi connectivity index (χ4n) is 3.89. The van der Waals surface area contributed by atoms with Gasteiger partial charge in [0.15, 0.2) is 5.82 Å². The van der Waals surface area contributed by atoms with Crippen molar-refractivity contribution in [3.8, 4) is 0 Å². The van der Waals surface area contributed by atoms with Crippen molar-refractivity contribution in [3.05, 3.63) is 90.4 Å². The predicted octanol–water partition coefficient (Wildman–Crippen LogP) is 4.47. The quantitative estimate of drug-likeness (QED) is 0.494. The van der Waals surface area contributed by atoms with Crippen LogP contribution < -0.4 is 4.90 Å². The number of rotatable bonds is 5. The lowest BCUT2D eigenvalue weighted by molar-refractivity contribution is -0.135. The monoisotopic (exact) mass is 398 g/mol. The topological polar surface area (TPSA) is 60.4 Å². The first kappa shape index (κ1) is 18.7. The highest BCUT2D eigenvalue weighted by Gasteiger charge is 2.41. The van der Waals surface area contributed by atoms with Gasteiger partial charge in [0.1, 0.15) is 0 Å². The number of hydrogen-bond acceptors (Lipinski definition) is 6. The Morgan fingerprint density at radius 2 is 1.50 bits per heavy atom. The highest BCUT2D eigenvalue weighted by molar-refractivity contribution is 5.95. The van der Waals surface area contributed by atoms with Gasteiger partial charge in [0, 0.05) is 42.2 Å². The van der Waals surface area contributed by atoms with Crippen molar-refractivity contribution >= 4 is 22.3 Å². The van der Waals surface area contributed by atoms with Gasteiger partial charge in [0.2, 0.25) is 0 Å². The van der Waals surface area contributed by atoms with Crippen LogP contribution in [-0.2, 0) is 15.9 Å². The van der Waals surface area contributed by atoms with Gasteiger partial charge in [-0.25, -0.2) is 0 Å². The van der Waals surface area contributed by atoms with Gasteiger partial charge in [0.25, 0.3) is 5.91 Å². The zero-order chi connectivity index (χ0) is 20.4. The Kier molecular flexibility index (Phi) is 4.86. The van der Waals surface area contributed by atoms with Crippen LogP contribution in [0.2, 0.25) is 0 Å². The first-order valence-corrected chi connectivity index (χ1v) is 10.0. The minimum atomic E-state index is -0.953. The lowest BCUT2D eigenvalue weighted by Gasteiger charge is -2.37. The summed E-state index contributed by atoms with van der Waals surface area (Å²) >= 11 is 0. The Balaban J connectivity index is 1.66. The molecule has 1 saturated heterocycles. The Labute approximate surface area is 175 Å². The average molecular weight is 398 g/mol. The molecule has 0 bridgehead atoms. The predicted molar refractivity (Wildman–Crippen MR) is 115 cm³/mol. The van der Waals surface area contributed by atoms with Crippen molar-refractivity contribution in [3.63, 3.8) is 0 Å². The SMILES string of the molecule is CC1(N(c2ccccc2)c2nnc(Cc3ccncc3)c3ccccc23)OCCO1. The molecule has 1 aliphatic rings. The first-order valence-electron chi connectivity index (χ1n) is 10.0. The first-order chi connectivity index (χ1) is 14.7. The molecule has 0 spiro atoms. The van der Waals surface area contributed by atoms with E-state index in [2.05, 4.69) is 27.3 Å². The highest BCUT2D eigenvalue weighted by Crippen LogP contribution is 2.39. The Hall–Kier alpha value is -3.35. The molecular formula is C24H22N4O2. The lowest BCUT2D eigenvalue weighted by atomic mass is 10.0. The van der Waals surface area contributed by atoms with Gasteiger partial charge in [-0.1, -0.05) is 42.5 Å². The van der Waals surface area contributed by atoms with Crippen molar-refractivity contribution in [2.75, 3.05) is 18.1 Å². The van der Waals surface area contributed by atoms with E-state index in [9.17, 15) is 0 Å². The molecule has 2 aromatic heterocycles. The van der Waals surface area contributed by atoms with E-state index in [1.54, 1.807) is 12.4 Å². The molecule has 0 atom stereocenters. The third-order valence-electron chi connectivity index (χ3n) is 5.32. The third kappa shape index (κ3) is 3.40. The maximum Gasteiger partial charge on any atom is 0.254 e. The van der Waals surface area contributed by atoms with Crippen LogP contribution in [0.15, 0.2) is 79.1 Å². The molecule has 0 saturated carbocycles. The summed E-state index contributed by atoms with van der Waals surface area (Å²) in [5.74, 6) is -0.245. The molecule has 0 N–H and O–H groups in total. The van der Waals surface area contributed by atoms with Crippen LogP contribution >= 0.6 is 0 Å². The number of fused-ring (bicyclic) bond motifs is 1. The Morgan fingerprint density at radius 3 is 2.23 bits per heavy atom. The fraction of sp³-hybridized carbons (Fsp3) is 0.208. The van der Waals surface area contributed by atoms with Crippen LogP contribution in [0.1, 0.15) is 18.2 Å². The summed E-state index contributed by atoms with van der Waals surface area (Å²) in [5.41, 5.74) is 3.00. The van der Waals surface area contributed by atoms with E-state index in [0.717, 1.165) is 27.7 Å². The smallest absolute Gasteiger partial charge is 0.254 e. The van der Waals surface area contributed by atoms with Crippen molar-refractivity contribution in [1.29, 1.82) is 0 Å². The summed E-state index contributed by atoms with van der Waals surface area (Å²) in [6, 6.07) is 22.2. The van der Waals surface area contributed by atoms with Crippen LogP contribution in [0, 0.1) is 0 Å². The third-order valence-corrected chi connectivity index (χ3v) is 5.32. The molecule has 6 heteroatoms. The van der Waals surface area contributed by atoms with Crippen LogP contribution in [0.4, 0.5) is 11.5 Å². The standard InChI is InChI=1S/C24H22N4O2/c1-24(29-15-16-30-24)28(19-7-3-2-4-8-19)23-21-10-6-5-9-20(21)22(26-27-23)17-18-11-13-25-14-12-18/h2-14H,15-17H2,1H3. The van der Waals surface area contributed by atoms with Gasteiger partial charge in [0.05, 0.1) is 18.9 Å². The highest BCUT2D eigenvalue weighted by atomic mass is 16.8. The van der Waals surface area contributed by atoms with Crippen molar-refractivity contribution in [2.45, 2.75) is 19.3 Å². The molecule has 0 radical (unpaired) electrons. The zero-order valence-corrected chi connectivity index (χ0v) is 16.7. The van der Waals surface area contributed by atoms with Crippen molar-refractivity contribution < 1.29 is 9.47 Å². The zero-order valence-electron chi connectivity index (χ0n) is 16.7. The fourth-order valence-corrected chi connectivity index (χ4v) is 3.89. The number of para-hydroxylation sites is 1. The normalized spacial score (nSPS) is 15.4. The minimum absolute atomic E-state index is 0.533. The Bertz CT molecular complexity index is 1150. The molecule has 6 nitrogen and oxygen atoms in total. The summed E-state index contributed by atoms with van der Waals surface area (Å²) in [5, 5.41) is 11.4. The second kappa shape index (κ2) is 7.82. The van der Waals surface area contributed by atoms with Gasteiger partial charge in [-0.3, -0.25) is 9.88 Å². The molecule has 3 heterocycles. The molecule has 150 valence electrons. The second-order valence-electron chi connectivity index (χ2n) is 7.31. The number of benzene rings is 2. The van der Waals surface area contributed by atoms with Crippen LogP contribution in [-0.4, -0.2) is 34.3 Å². The lowest BCUT2D eigenvalue weighted by Crippen LogP contribution is -2.45. The van der Waals surface area contributed by atoms with E-state index in [-0.39, 0.29) is 0 Å². The van der Waals surface area contributed by atoms with Crippen LogP contribution in [0.5, 0.6) is 0 Å². The van der Waals surface area contributed by atoms with Gasteiger partial charge in [-0.15, -0.1) is 5.10 Å². The maximum atomic E-state index is 6.02. The number of anilines is 2. The van der Waals surface area contributed by atoms with Crippen LogP contribution in [0.25, 0.3) is 10.8 Å². The summed E-state index contributed by atoms with van der Waals surface area (Å²) in [6.45, 7) is 2.99. The average Bonchev–Trinajstić information content (AvgIpc) is 3.24. The second-order valence-corrected chi connectivity index (χ2v) is 7.31. The van der Waals surface area contributed by atoms with Gasteiger partial charge in [-0.05, 0) is 29.8 Å². The van der Waals surface area contributed by atoms with E-state index < -0.39 is 5.91 Å². The summed E-state index contributed by atoms with van der Waals surface area (Å²) < 4.78 is 12.0. The maximum absolute atomic E-state index is 6.02. The molecule has 1 aliphatic heterocycles. The van der Waals surface area contributed by atoms with E-state index >= 15 is 0 Å². The number of nitrogens with zero attached hydrogens (tertiary/aromatic N) is 4. The minimum Gasteiger partial charge on any atom is -0.330 e. The summed E-state index contributed by atoms with van der Waals surface area (Å²) in [7, 11) is 0. The molecule has 5 rings (SSSR count). The van der Waals surface area contributed by atoms with E-state index in [4.69, 9.17) is 9.47 Å². The largest absolute Gasteiger partial charge is 0.330 e.